The van der Waals surface area contributed by atoms with Crippen LogP contribution in [0.4, 0.5) is 8.78 Å². The Morgan fingerprint density at radius 3 is 2.67 bits per heavy atom. The van der Waals surface area contributed by atoms with Gasteiger partial charge in [0.25, 0.3) is 0 Å². The van der Waals surface area contributed by atoms with Crippen LogP contribution in [-0.4, -0.2) is 11.3 Å². The lowest BCUT2D eigenvalue weighted by Crippen LogP contribution is -1.85. The average molecular weight is 225 g/mol. The molecule has 2 rings (SSSR count). The van der Waals surface area contributed by atoms with Crippen LogP contribution in [0, 0.1) is 11.6 Å². The summed E-state index contributed by atoms with van der Waals surface area (Å²) in [6.07, 6.45) is 0.611. The second-order valence-electron chi connectivity index (χ2n) is 2.82. The predicted octanol–water partition coefficient (Wildman–Crippen LogP) is 2.90. The van der Waals surface area contributed by atoms with Crippen LogP contribution < -0.4 is 0 Å². The van der Waals surface area contributed by atoms with Crippen molar-refractivity contribution in [1.82, 2.24) is 4.98 Å². The standard InChI is InChI=1S/C10H5F2NOS/c11-8-2-1-6(3-9(8)12)10-13-7(4-14)5-15-10/h1-5H. The molecule has 0 fully saturated rings. The molecule has 0 amide bonds. The zero-order valence-corrected chi connectivity index (χ0v) is 8.22. The minimum Gasteiger partial charge on any atom is -0.296 e. The molecule has 76 valence electrons. The molecule has 0 atom stereocenters. The molecule has 15 heavy (non-hydrogen) atoms. The first-order chi connectivity index (χ1) is 7.20. The highest BCUT2D eigenvalue weighted by atomic mass is 32.1. The fourth-order valence-corrected chi connectivity index (χ4v) is 1.86. The number of rotatable bonds is 2. The largest absolute Gasteiger partial charge is 0.296 e. The number of nitrogens with zero attached hydrogens (tertiary/aromatic N) is 1. The Bertz CT molecular complexity index is 510. The van der Waals surface area contributed by atoms with E-state index in [9.17, 15) is 13.6 Å². The van der Waals surface area contributed by atoms with Gasteiger partial charge in [0, 0.05) is 10.9 Å². The van der Waals surface area contributed by atoms with E-state index in [0.29, 0.717) is 22.6 Å². The van der Waals surface area contributed by atoms with Crippen molar-refractivity contribution in [3.8, 4) is 10.6 Å². The third-order valence-corrected chi connectivity index (χ3v) is 2.72. The first-order valence-electron chi connectivity index (χ1n) is 4.07. The SMILES string of the molecule is O=Cc1csc(-c2ccc(F)c(F)c2)n1. The minimum absolute atomic E-state index is 0.291. The van der Waals surface area contributed by atoms with E-state index < -0.39 is 11.6 Å². The third-order valence-electron chi connectivity index (χ3n) is 1.81. The summed E-state index contributed by atoms with van der Waals surface area (Å²) < 4.78 is 25.5. The van der Waals surface area contributed by atoms with Crippen LogP contribution in [0.15, 0.2) is 23.6 Å². The van der Waals surface area contributed by atoms with E-state index in [-0.39, 0.29) is 0 Å². The zero-order chi connectivity index (χ0) is 10.8. The van der Waals surface area contributed by atoms with E-state index in [2.05, 4.69) is 4.98 Å². The molecule has 0 radical (unpaired) electrons. The Labute approximate surface area is 88.2 Å². The lowest BCUT2D eigenvalue weighted by molar-refractivity contribution is 0.111. The Kier molecular flexibility index (Phi) is 2.55. The van der Waals surface area contributed by atoms with E-state index in [4.69, 9.17) is 0 Å². The van der Waals surface area contributed by atoms with Crippen LogP contribution in [0.5, 0.6) is 0 Å². The number of hydrogen-bond acceptors (Lipinski definition) is 3. The predicted molar refractivity (Wildman–Crippen MR) is 52.9 cm³/mol. The number of aldehydes is 1. The van der Waals surface area contributed by atoms with E-state index in [1.165, 1.54) is 17.4 Å². The summed E-state index contributed by atoms with van der Waals surface area (Å²) in [5, 5.41) is 2.06. The first kappa shape index (κ1) is 9.92. The quantitative estimate of drug-likeness (QED) is 0.735. The van der Waals surface area contributed by atoms with Gasteiger partial charge in [-0.25, -0.2) is 13.8 Å². The van der Waals surface area contributed by atoms with Crippen LogP contribution in [0.3, 0.4) is 0 Å². The van der Waals surface area contributed by atoms with Gasteiger partial charge in [-0.2, -0.15) is 0 Å². The van der Waals surface area contributed by atoms with Gasteiger partial charge in [-0.1, -0.05) is 0 Å². The second kappa shape index (κ2) is 3.86. The molecule has 2 nitrogen and oxygen atoms in total. The van der Waals surface area contributed by atoms with Crippen molar-refractivity contribution >= 4 is 17.6 Å². The normalized spacial score (nSPS) is 10.3. The highest BCUT2D eigenvalue weighted by Crippen LogP contribution is 2.24. The number of carbonyl (C=O) groups is 1. The summed E-state index contributed by atoms with van der Waals surface area (Å²) in [6, 6.07) is 3.52. The van der Waals surface area contributed by atoms with E-state index in [0.717, 1.165) is 12.1 Å². The molecule has 0 spiro atoms. The third kappa shape index (κ3) is 1.92. The van der Waals surface area contributed by atoms with Gasteiger partial charge in [-0.3, -0.25) is 4.79 Å². The molecule has 1 heterocycles. The highest BCUT2D eigenvalue weighted by molar-refractivity contribution is 7.13. The summed E-state index contributed by atoms with van der Waals surface area (Å²) in [7, 11) is 0. The van der Waals surface area contributed by atoms with Gasteiger partial charge in [0.15, 0.2) is 17.9 Å². The summed E-state index contributed by atoms with van der Waals surface area (Å²) in [4.78, 5) is 14.3. The summed E-state index contributed by atoms with van der Waals surface area (Å²) in [6.45, 7) is 0. The van der Waals surface area contributed by atoms with Crippen molar-refractivity contribution in [3.63, 3.8) is 0 Å². The van der Waals surface area contributed by atoms with Crippen LogP contribution in [0.25, 0.3) is 10.6 Å². The molecule has 0 saturated heterocycles. The summed E-state index contributed by atoms with van der Waals surface area (Å²) in [5.74, 6) is -1.82. The molecule has 2 aromatic rings. The van der Waals surface area contributed by atoms with Gasteiger partial charge in [-0.15, -0.1) is 11.3 Å². The van der Waals surface area contributed by atoms with Gasteiger partial charge in [0.2, 0.25) is 0 Å². The van der Waals surface area contributed by atoms with Gasteiger partial charge >= 0.3 is 0 Å². The van der Waals surface area contributed by atoms with Crippen molar-refractivity contribution in [2.75, 3.05) is 0 Å². The Morgan fingerprint density at radius 1 is 1.27 bits per heavy atom. The number of halogens is 2. The van der Waals surface area contributed by atoms with E-state index in [1.54, 1.807) is 5.38 Å². The number of carbonyl (C=O) groups excluding carboxylic acids is 1. The Balaban J connectivity index is 2.44. The maximum Gasteiger partial charge on any atom is 0.169 e. The second-order valence-corrected chi connectivity index (χ2v) is 3.68. The van der Waals surface area contributed by atoms with Crippen molar-refractivity contribution < 1.29 is 13.6 Å². The average Bonchev–Trinajstić information content (AvgIpc) is 2.70. The maximum atomic E-state index is 12.9. The summed E-state index contributed by atoms with van der Waals surface area (Å²) in [5.41, 5.74) is 0.756. The number of benzene rings is 1. The minimum atomic E-state index is -0.921. The van der Waals surface area contributed by atoms with Crippen molar-refractivity contribution in [3.05, 3.63) is 40.9 Å². The van der Waals surface area contributed by atoms with Gasteiger partial charge in [0.1, 0.15) is 10.7 Å². The Hall–Kier alpha value is -1.62. The van der Waals surface area contributed by atoms with Gasteiger partial charge < -0.3 is 0 Å². The van der Waals surface area contributed by atoms with Crippen molar-refractivity contribution in [1.29, 1.82) is 0 Å². The molecule has 0 aliphatic heterocycles. The molecule has 0 unspecified atom stereocenters. The van der Waals surface area contributed by atoms with Crippen molar-refractivity contribution in [2.24, 2.45) is 0 Å². The molecule has 0 bridgehead atoms. The lowest BCUT2D eigenvalue weighted by atomic mass is 10.2. The van der Waals surface area contributed by atoms with Crippen molar-refractivity contribution in [2.45, 2.75) is 0 Å². The molecule has 1 aromatic carbocycles. The van der Waals surface area contributed by atoms with Crippen LogP contribution in [0.1, 0.15) is 10.5 Å². The van der Waals surface area contributed by atoms with Crippen LogP contribution in [0.2, 0.25) is 0 Å². The monoisotopic (exact) mass is 225 g/mol. The first-order valence-corrected chi connectivity index (χ1v) is 4.95. The lowest BCUT2D eigenvalue weighted by Gasteiger charge is -1.96. The van der Waals surface area contributed by atoms with Crippen LogP contribution in [-0.2, 0) is 0 Å². The topological polar surface area (TPSA) is 30.0 Å². The molecule has 0 aliphatic carbocycles. The smallest absolute Gasteiger partial charge is 0.169 e. The molecule has 0 aliphatic rings. The molecular weight excluding hydrogens is 220 g/mol. The van der Waals surface area contributed by atoms with Gasteiger partial charge in [-0.05, 0) is 18.2 Å². The Morgan fingerprint density at radius 2 is 2.07 bits per heavy atom. The maximum absolute atomic E-state index is 12.9. The van der Waals surface area contributed by atoms with E-state index >= 15 is 0 Å². The molecular formula is C10H5F2NOS. The molecule has 1 aromatic heterocycles. The molecule has 5 heteroatoms. The zero-order valence-electron chi connectivity index (χ0n) is 7.41. The summed E-state index contributed by atoms with van der Waals surface area (Å²) >= 11 is 1.21. The fourth-order valence-electron chi connectivity index (χ4n) is 1.10. The van der Waals surface area contributed by atoms with Gasteiger partial charge in [0.05, 0.1) is 0 Å². The highest BCUT2D eigenvalue weighted by Gasteiger charge is 2.07. The number of aromatic nitrogens is 1. The number of thiazole rings is 1. The van der Waals surface area contributed by atoms with Crippen LogP contribution >= 0.6 is 11.3 Å². The fraction of sp³-hybridized carbons (Fsp3) is 0. The molecule has 0 N–H and O–H groups in total. The number of hydrogen-bond donors (Lipinski definition) is 0. The van der Waals surface area contributed by atoms with E-state index in [1.807, 2.05) is 0 Å². The molecule has 0 saturated carbocycles.